The summed E-state index contributed by atoms with van der Waals surface area (Å²) < 4.78 is 39.8. The zero-order chi connectivity index (χ0) is 16.4. The summed E-state index contributed by atoms with van der Waals surface area (Å²) in [7, 11) is -3.76. The zero-order valence-electron chi connectivity index (χ0n) is 11.6. The molecule has 118 valence electrons. The number of halogens is 2. The average Bonchev–Trinajstić information content (AvgIpc) is 2.98. The first-order valence-electron chi connectivity index (χ1n) is 6.48. The highest BCUT2D eigenvalue weighted by Crippen LogP contribution is 2.24. The number of tetrazole rings is 1. The highest BCUT2D eigenvalue weighted by molar-refractivity contribution is 9.10. The lowest BCUT2D eigenvalue weighted by Gasteiger charge is -2.07. The van der Waals surface area contributed by atoms with Crippen LogP contribution in [0.5, 0.6) is 0 Å². The second kappa shape index (κ2) is 6.17. The molecule has 9 heteroatoms. The van der Waals surface area contributed by atoms with Gasteiger partial charge in [-0.15, -0.1) is 0 Å². The molecule has 0 saturated heterocycles. The Labute approximate surface area is 140 Å². The van der Waals surface area contributed by atoms with Crippen molar-refractivity contribution in [2.45, 2.75) is 10.9 Å². The molecule has 0 aliphatic rings. The molecule has 6 nitrogen and oxygen atoms in total. The van der Waals surface area contributed by atoms with E-state index < -0.39 is 15.7 Å². The zero-order valence-corrected chi connectivity index (χ0v) is 14.0. The van der Waals surface area contributed by atoms with Crippen molar-refractivity contribution in [3.63, 3.8) is 0 Å². The van der Waals surface area contributed by atoms with Crippen LogP contribution in [0, 0.1) is 5.82 Å². The Morgan fingerprint density at radius 1 is 1.13 bits per heavy atom. The molecule has 0 unspecified atom stereocenters. The van der Waals surface area contributed by atoms with Crippen LogP contribution in [0.4, 0.5) is 4.39 Å². The van der Waals surface area contributed by atoms with E-state index in [1.54, 1.807) is 30.3 Å². The van der Waals surface area contributed by atoms with Crippen LogP contribution in [0.2, 0.25) is 0 Å². The fourth-order valence-electron chi connectivity index (χ4n) is 2.04. The standard InChI is InChI=1S/C14H10BrFN4O2S/c15-12-8-11(16)6-7-13(12)20-14(17-18-19-20)23(21,22)9-10-4-2-1-3-5-10/h1-8H,9H2. The minimum atomic E-state index is -3.76. The number of rotatable bonds is 4. The van der Waals surface area contributed by atoms with Crippen LogP contribution < -0.4 is 0 Å². The molecule has 3 rings (SSSR count). The van der Waals surface area contributed by atoms with Gasteiger partial charge in [-0.3, -0.25) is 0 Å². The maximum Gasteiger partial charge on any atom is 0.272 e. The molecular weight excluding hydrogens is 387 g/mol. The molecule has 0 spiro atoms. The van der Waals surface area contributed by atoms with E-state index in [1.165, 1.54) is 18.2 Å². The molecule has 0 N–H and O–H groups in total. The first-order chi connectivity index (χ1) is 11.0. The molecule has 0 aliphatic heterocycles. The smallest absolute Gasteiger partial charge is 0.220 e. The lowest BCUT2D eigenvalue weighted by molar-refractivity contribution is 0.579. The Morgan fingerprint density at radius 2 is 1.87 bits per heavy atom. The molecule has 2 aromatic carbocycles. The van der Waals surface area contributed by atoms with E-state index in [1.807, 2.05) is 0 Å². The average molecular weight is 397 g/mol. The van der Waals surface area contributed by atoms with Gasteiger partial charge < -0.3 is 0 Å². The van der Waals surface area contributed by atoms with Crippen LogP contribution in [0.15, 0.2) is 58.2 Å². The first kappa shape index (κ1) is 15.8. The number of aromatic nitrogens is 4. The van der Waals surface area contributed by atoms with E-state index >= 15 is 0 Å². The lowest BCUT2D eigenvalue weighted by atomic mass is 10.2. The fraction of sp³-hybridized carbons (Fsp3) is 0.0714. The first-order valence-corrected chi connectivity index (χ1v) is 8.92. The van der Waals surface area contributed by atoms with Gasteiger partial charge in [0.05, 0.1) is 11.4 Å². The van der Waals surface area contributed by atoms with Gasteiger partial charge in [0.1, 0.15) is 5.82 Å². The minimum Gasteiger partial charge on any atom is -0.220 e. The summed E-state index contributed by atoms with van der Waals surface area (Å²) in [5.41, 5.74) is 0.961. The van der Waals surface area contributed by atoms with Gasteiger partial charge in [-0.25, -0.2) is 12.8 Å². The highest BCUT2D eigenvalue weighted by atomic mass is 79.9. The van der Waals surface area contributed by atoms with Crippen molar-refractivity contribution in [3.8, 4) is 5.69 Å². The van der Waals surface area contributed by atoms with E-state index in [2.05, 4.69) is 31.5 Å². The summed E-state index contributed by atoms with van der Waals surface area (Å²) in [6, 6.07) is 12.5. The van der Waals surface area contributed by atoms with Gasteiger partial charge in [0.2, 0.25) is 9.84 Å². The predicted octanol–water partition coefficient (Wildman–Crippen LogP) is 2.54. The summed E-state index contributed by atoms with van der Waals surface area (Å²) in [6.45, 7) is 0. The third-order valence-corrected chi connectivity index (χ3v) is 5.22. The molecule has 0 saturated carbocycles. The monoisotopic (exact) mass is 396 g/mol. The lowest BCUT2D eigenvalue weighted by Crippen LogP contribution is -2.13. The Bertz CT molecular complexity index is 944. The Morgan fingerprint density at radius 3 is 2.57 bits per heavy atom. The number of hydrogen-bond acceptors (Lipinski definition) is 5. The van der Waals surface area contributed by atoms with Crippen molar-refractivity contribution >= 4 is 25.8 Å². The topological polar surface area (TPSA) is 77.7 Å². The summed E-state index contributed by atoms with van der Waals surface area (Å²) >= 11 is 3.19. The van der Waals surface area contributed by atoms with Crippen LogP contribution in [-0.2, 0) is 15.6 Å². The van der Waals surface area contributed by atoms with Gasteiger partial charge in [-0.2, -0.15) is 4.68 Å². The normalized spacial score (nSPS) is 11.6. The molecule has 1 heterocycles. The third-order valence-electron chi connectivity index (χ3n) is 3.06. The molecule has 0 amide bonds. The molecule has 23 heavy (non-hydrogen) atoms. The van der Waals surface area contributed by atoms with Crippen LogP contribution in [0.25, 0.3) is 5.69 Å². The van der Waals surface area contributed by atoms with Gasteiger partial charge in [0.25, 0.3) is 5.16 Å². The Hall–Kier alpha value is -2.13. The molecule has 0 bridgehead atoms. The molecule has 0 aliphatic carbocycles. The largest absolute Gasteiger partial charge is 0.272 e. The second-order valence-corrected chi connectivity index (χ2v) is 7.45. The maximum absolute atomic E-state index is 13.2. The van der Waals surface area contributed by atoms with Crippen LogP contribution in [0.1, 0.15) is 5.56 Å². The number of benzene rings is 2. The molecule has 0 fully saturated rings. The van der Waals surface area contributed by atoms with E-state index in [-0.39, 0.29) is 10.9 Å². The summed E-state index contributed by atoms with van der Waals surface area (Å²) in [4.78, 5) is 0. The quantitative estimate of drug-likeness (QED) is 0.676. The van der Waals surface area contributed by atoms with Crippen LogP contribution in [-0.4, -0.2) is 28.6 Å². The third kappa shape index (κ3) is 3.30. The Kier molecular flexibility index (Phi) is 4.22. The molecular formula is C14H10BrFN4O2S. The van der Waals surface area contributed by atoms with E-state index in [0.717, 1.165) is 4.68 Å². The molecule has 1 aromatic heterocycles. The van der Waals surface area contributed by atoms with Crippen molar-refractivity contribution in [1.82, 2.24) is 20.2 Å². The van der Waals surface area contributed by atoms with Crippen molar-refractivity contribution in [1.29, 1.82) is 0 Å². The number of sulfone groups is 1. The van der Waals surface area contributed by atoms with Gasteiger partial charge in [0.15, 0.2) is 0 Å². The maximum atomic E-state index is 13.2. The van der Waals surface area contributed by atoms with Crippen molar-refractivity contribution in [2.24, 2.45) is 0 Å². The van der Waals surface area contributed by atoms with E-state index in [4.69, 9.17) is 0 Å². The number of nitrogens with zero attached hydrogens (tertiary/aromatic N) is 4. The van der Waals surface area contributed by atoms with Crippen molar-refractivity contribution in [2.75, 3.05) is 0 Å². The van der Waals surface area contributed by atoms with Gasteiger partial charge in [-0.1, -0.05) is 35.4 Å². The van der Waals surface area contributed by atoms with Crippen LogP contribution >= 0.6 is 15.9 Å². The Balaban J connectivity index is 2.03. The van der Waals surface area contributed by atoms with Gasteiger partial charge >= 0.3 is 0 Å². The molecule has 0 radical (unpaired) electrons. The summed E-state index contributed by atoms with van der Waals surface area (Å²) in [5.74, 6) is -0.685. The highest BCUT2D eigenvalue weighted by Gasteiger charge is 2.25. The minimum absolute atomic E-state index is 0.229. The van der Waals surface area contributed by atoms with Crippen molar-refractivity contribution in [3.05, 3.63) is 64.4 Å². The van der Waals surface area contributed by atoms with Crippen LogP contribution in [0.3, 0.4) is 0 Å². The summed E-state index contributed by atoms with van der Waals surface area (Å²) in [5, 5.41) is 10.5. The summed E-state index contributed by atoms with van der Waals surface area (Å²) in [6.07, 6.45) is 0. The molecule has 3 aromatic rings. The SMILES string of the molecule is O=S(=O)(Cc1ccccc1)c1nnnn1-c1ccc(F)cc1Br. The molecule has 0 atom stereocenters. The predicted molar refractivity (Wildman–Crippen MR) is 84.1 cm³/mol. The second-order valence-electron chi connectivity index (χ2n) is 4.71. The van der Waals surface area contributed by atoms with E-state index in [9.17, 15) is 12.8 Å². The van der Waals surface area contributed by atoms with Crippen molar-refractivity contribution < 1.29 is 12.8 Å². The van der Waals surface area contributed by atoms with E-state index in [0.29, 0.717) is 15.7 Å². The van der Waals surface area contributed by atoms with Gasteiger partial charge in [0, 0.05) is 4.47 Å². The fourth-order valence-corrected chi connectivity index (χ4v) is 3.87. The van der Waals surface area contributed by atoms with Gasteiger partial charge in [-0.05, 0) is 50.1 Å². The number of hydrogen-bond donors (Lipinski definition) is 0.